The summed E-state index contributed by atoms with van der Waals surface area (Å²) in [6.07, 6.45) is 1.69. The summed E-state index contributed by atoms with van der Waals surface area (Å²) in [5.41, 5.74) is 6.66. The summed E-state index contributed by atoms with van der Waals surface area (Å²) in [4.78, 5) is 13.4. The van der Waals surface area contributed by atoms with Crippen LogP contribution in [0.25, 0.3) is 0 Å². The van der Waals surface area contributed by atoms with E-state index in [4.69, 9.17) is 4.74 Å². The van der Waals surface area contributed by atoms with Crippen LogP contribution in [0.1, 0.15) is 11.1 Å². The predicted octanol–water partition coefficient (Wildman–Crippen LogP) is 6.38. The highest BCUT2D eigenvalue weighted by Gasteiger charge is 2.07. The van der Waals surface area contributed by atoms with Crippen molar-refractivity contribution in [1.29, 1.82) is 0 Å². The van der Waals surface area contributed by atoms with E-state index in [-0.39, 0.29) is 0 Å². The second-order valence-electron chi connectivity index (χ2n) is 8.00. The van der Waals surface area contributed by atoms with Crippen molar-refractivity contribution in [3.63, 3.8) is 0 Å². The van der Waals surface area contributed by atoms with E-state index in [9.17, 15) is 0 Å². The first-order chi connectivity index (χ1) is 18.3. The molecule has 0 aliphatic carbocycles. The second kappa shape index (κ2) is 11.9. The Morgan fingerprint density at radius 2 is 1.11 bits per heavy atom. The molecule has 0 spiro atoms. The van der Waals surface area contributed by atoms with Crippen LogP contribution in [0.2, 0.25) is 0 Å². The van der Waals surface area contributed by atoms with Crippen LogP contribution in [-0.2, 0) is 6.61 Å². The average molecular weight is 488 g/mol. The van der Waals surface area contributed by atoms with E-state index in [2.05, 4.69) is 36.1 Å². The first kappa shape index (κ1) is 23.5. The molecule has 0 amide bonds. The Hall–Kier alpha value is -5.24. The molecule has 0 atom stereocenters. The third kappa shape index (κ3) is 7.12. The molecule has 0 saturated carbocycles. The fourth-order valence-electron chi connectivity index (χ4n) is 3.39. The van der Waals surface area contributed by atoms with Gasteiger partial charge in [-0.2, -0.15) is 20.1 Å². The predicted molar refractivity (Wildman–Crippen MR) is 148 cm³/mol. The number of rotatable bonds is 10. The number of para-hydroxylation sites is 2. The van der Waals surface area contributed by atoms with Gasteiger partial charge in [0.2, 0.25) is 17.8 Å². The van der Waals surface area contributed by atoms with Crippen molar-refractivity contribution in [3.8, 4) is 5.75 Å². The lowest BCUT2D eigenvalue weighted by Crippen LogP contribution is -2.07. The monoisotopic (exact) mass is 487 g/mol. The summed E-state index contributed by atoms with van der Waals surface area (Å²) in [5, 5.41) is 10.7. The smallest absolute Gasteiger partial charge is 0.250 e. The van der Waals surface area contributed by atoms with E-state index in [1.807, 2.05) is 115 Å². The van der Waals surface area contributed by atoms with Crippen molar-refractivity contribution >= 4 is 35.4 Å². The van der Waals surface area contributed by atoms with Gasteiger partial charge < -0.3 is 15.4 Å². The Labute approximate surface area is 215 Å². The van der Waals surface area contributed by atoms with Crippen molar-refractivity contribution < 1.29 is 4.74 Å². The van der Waals surface area contributed by atoms with Crippen LogP contribution in [0, 0.1) is 0 Å². The first-order valence-electron chi connectivity index (χ1n) is 11.8. The van der Waals surface area contributed by atoms with Gasteiger partial charge in [0.1, 0.15) is 12.4 Å². The van der Waals surface area contributed by atoms with Gasteiger partial charge in [0.25, 0.3) is 0 Å². The topological polar surface area (TPSA) is 96.4 Å². The minimum atomic E-state index is 0.297. The van der Waals surface area contributed by atoms with Crippen LogP contribution in [-0.4, -0.2) is 21.2 Å². The summed E-state index contributed by atoms with van der Waals surface area (Å²) < 4.78 is 5.84. The normalized spacial score (nSPS) is 10.7. The van der Waals surface area contributed by atoms with Crippen molar-refractivity contribution in [2.75, 3.05) is 16.1 Å². The maximum atomic E-state index is 5.84. The molecule has 1 aromatic heterocycles. The Kier molecular flexibility index (Phi) is 7.59. The van der Waals surface area contributed by atoms with Crippen molar-refractivity contribution in [2.24, 2.45) is 5.10 Å². The zero-order chi connectivity index (χ0) is 25.1. The molecule has 8 nitrogen and oxygen atoms in total. The molecule has 0 aliphatic rings. The summed E-state index contributed by atoms with van der Waals surface area (Å²) in [5.74, 6) is 1.86. The van der Waals surface area contributed by atoms with Crippen molar-refractivity contribution in [2.45, 2.75) is 6.61 Å². The molecule has 1 heterocycles. The number of aromatic nitrogens is 3. The Morgan fingerprint density at radius 3 is 1.68 bits per heavy atom. The summed E-state index contributed by atoms with van der Waals surface area (Å²) >= 11 is 0. The summed E-state index contributed by atoms with van der Waals surface area (Å²) in [6, 6.07) is 37.2. The van der Waals surface area contributed by atoms with Crippen LogP contribution in [0.4, 0.5) is 29.2 Å². The molecule has 0 radical (unpaired) electrons. The first-order valence-corrected chi connectivity index (χ1v) is 11.8. The van der Waals surface area contributed by atoms with Gasteiger partial charge in [-0.1, -0.05) is 66.7 Å². The maximum absolute atomic E-state index is 5.84. The zero-order valence-corrected chi connectivity index (χ0v) is 20.0. The van der Waals surface area contributed by atoms with Gasteiger partial charge in [-0.3, -0.25) is 0 Å². The lowest BCUT2D eigenvalue weighted by atomic mass is 10.2. The minimum Gasteiger partial charge on any atom is -0.489 e. The van der Waals surface area contributed by atoms with E-state index < -0.39 is 0 Å². The third-order valence-corrected chi connectivity index (χ3v) is 5.20. The maximum Gasteiger partial charge on any atom is 0.250 e. The van der Waals surface area contributed by atoms with Crippen molar-refractivity contribution in [1.82, 2.24) is 15.0 Å². The van der Waals surface area contributed by atoms with Gasteiger partial charge in [0.15, 0.2) is 0 Å². The standard InChI is InChI=1S/C29H25N7O/c1-4-10-23(11-5-1)21-37-26-18-16-22(17-19-26)20-30-36-29-34-27(31-24-12-6-2-7-13-24)33-28(35-29)32-25-14-8-3-9-15-25/h1-20H,21H2,(H3,31,32,33,34,35,36)/b30-20-. The quantitative estimate of drug-likeness (QED) is 0.155. The molecule has 8 heteroatoms. The van der Waals surface area contributed by atoms with Crippen LogP contribution in [0.5, 0.6) is 5.75 Å². The second-order valence-corrected chi connectivity index (χ2v) is 8.00. The molecule has 0 aliphatic heterocycles. The molecule has 0 saturated heterocycles. The van der Waals surface area contributed by atoms with Crippen molar-refractivity contribution in [3.05, 3.63) is 126 Å². The number of nitrogens with zero attached hydrogens (tertiary/aromatic N) is 4. The number of hydrogen-bond acceptors (Lipinski definition) is 8. The number of nitrogens with one attached hydrogen (secondary N) is 3. The minimum absolute atomic E-state index is 0.297. The molecule has 0 bridgehead atoms. The van der Waals surface area contributed by atoms with Crippen LogP contribution < -0.4 is 20.8 Å². The Bertz CT molecular complexity index is 1370. The Morgan fingerprint density at radius 1 is 0.595 bits per heavy atom. The SMILES string of the molecule is C(=N/Nc1nc(Nc2ccccc2)nc(Nc2ccccc2)n1)/c1ccc(OCc2ccccc2)cc1. The number of hydrazone groups is 1. The fraction of sp³-hybridized carbons (Fsp3) is 0.0345. The van der Waals surface area contributed by atoms with E-state index in [0.717, 1.165) is 28.3 Å². The molecular weight excluding hydrogens is 462 g/mol. The van der Waals surface area contributed by atoms with Gasteiger partial charge in [0.05, 0.1) is 6.21 Å². The van der Waals surface area contributed by atoms with Crippen LogP contribution in [0.3, 0.4) is 0 Å². The molecule has 0 unspecified atom stereocenters. The van der Waals surface area contributed by atoms with Crippen LogP contribution in [0.15, 0.2) is 120 Å². The molecule has 3 N–H and O–H groups in total. The van der Waals surface area contributed by atoms with E-state index in [0.29, 0.717) is 24.5 Å². The van der Waals surface area contributed by atoms with E-state index in [1.165, 1.54) is 0 Å². The number of benzene rings is 4. The number of hydrogen-bond donors (Lipinski definition) is 3. The van der Waals surface area contributed by atoms with E-state index >= 15 is 0 Å². The highest BCUT2D eigenvalue weighted by molar-refractivity contribution is 5.80. The highest BCUT2D eigenvalue weighted by Crippen LogP contribution is 2.19. The molecule has 182 valence electrons. The zero-order valence-electron chi connectivity index (χ0n) is 20.0. The number of ether oxygens (including phenoxy) is 1. The Balaban J connectivity index is 1.26. The molecule has 4 aromatic carbocycles. The molecule has 0 fully saturated rings. The van der Waals surface area contributed by atoms with Gasteiger partial charge >= 0.3 is 0 Å². The van der Waals surface area contributed by atoms with Gasteiger partial charge in [-0.05, 0) is 59.7 Å². The fourth-order valence-corrected chi connectivity index (χ4v) is 3.39. The van der Waals surface area contributed by atoms with Gasteiger partial charge in [-0.15, -0.1) is 0 Å². The highest BCUT2D eigenvalue weighted by atomic mass is 16.5. The molecule has 5 aromatic rings. The molecule has 37 heavy (non-hydrogen) atoms. The van der Waals surface area contributed by atoms with Crippen LogP contribution >= 0.6 is 0 Å². The lowest BCUT2D eigenvalue weighted by molar-refractivity contribution is 0.306. The summed E-state index contributed by atoms with van der Waals surface area (Å²) in [7, 11) is 0. The molecular formula is C29H25N7O. The average Bonchev–Trinajstić information content (AvgIpc) is 2.94. The third-order valence-electron chi connectivity index (χ3n) is 5.20. The number of anilines is 5. The summed E-state index contributed by atoms with van der Waals surface area (Å²) in [6.45, 7) is 0.522. The lowest BCUT2D eigenvalue weighted by Gasteiger charge is -2.10. The van der Waals surface area contributed by atoms with Gasteiger partial charge in [0, 0.05) is 11.4 Å². The molecule has 5 rings (SSSR count). The van der Waals surface area contributed by atoms with E-state index in [1.54, 1.807) is 6.21 Å². The van der Waals surface area contributed by atoms with Gasteiger partial charge in [-0.25, -0.2) is 5.43 Å². The largest absolute Gasteiger partial charge is 0.489 e.